The molecule has 0 radical (unpaired) electrons. The van der Waals surface area contributed by atoms with Gasteiger partial charge in [0.05, 0.1) is 11.0 Å². The van der Waals surface area contributed by atoms with Crippen LogP contribution < -0.4 is 11.4 Å². The number of anilines is 1. The zero-order valence-corrected chi connectivity index (χ0v) is 10.5. The molecule has 0 unspecified atom stereocenters. The van der Waals surface area contributed by atoms with Crippen LogP contribution in [0.4, 0.5) is 5.69 Å². The number of aromatic nitrogens is 4. The van der Waals surface area contributed by atoms with Gasteiger partial charge in [-0.3, -0.25) is 0 Å². The van der Waals surface area contributed by atoms with Crippen molar-refractivity contribution in [1.82, 2.24) is 19.7 Å². The Bertz CT molecular complexity index is 769. The number of benzene rings is 1. The topological polar surface area (TPSA) is 89.6 Å². The number of fused-ring (bicyclic) bond motifs is 1. The predicted octanol–water partition coefficient (Wildman–Crippen LogP) is 1.31. The average Bonchev–Trinajstić information content (AvgIpc) is 2.92. The number of imidazole rings is 1. The summed E-state index contributed by atoms with van der Waals surface area (Å²) in [7, 11) is 0. The van der Waals surface area contributed by atoms with E-state index in [-0.39, 0.29) is 5.69 Å². The molecule has 3 rings (SSSR count). The minimum absolute atomic E-state index is 0.227. The Labute approximate surface area is 106 Å². The standard InChI is InChI=1S/C11H11N5OS/c1-2-9-14-15-11(18-9)16-8-5-6(12)3-4-7(8)13-10(16)17/h3-5H,2,12H2,1H3,(H,13,17). The highest BCUT2D eigenvalue weighted by Crippen LogP contribution is 2.20. The maximum absolute atomic E-state index is 12.0. The third-order valence-electron chi connectivity index (χ3n) is 2.66. The van der Waals surface area contributed by atoms with Gasteiger partial charge in [-0.05, 0) is 24.6 Å². The molecule has 0 saturated heterocycles. The number of hydrogen-bond donors (Lipinski definition) is 2. The van der Waals surface area contributed by atoms with Crippen molar-refractivity contribution >= 4 is 28.1 Å². The maximum atomic E-state index is 12.0. The summed E-state index contributed by atoms with van der Waals surface area (Å²) >= 11 is 1.41. The zero-order chi connectivity index (χ0) is 12.7. The number of aryl methyl sites for hydroxylation is 1. The zero-order valence-electron chi connectivity index (χ0n) is 9.67. The van der Waals surface area contributed by atoms with Gasteiger partial charge in [0.25, 0.3) is 0 Å². The highest BCUT2D eigenvalue weighted by molar-refractivity contribution is 7.13. The molecule has 18 heavy (non-hydrogen) atoms. The van der Waals surface area contributed by atoms with E-state index >= 15 is 0 Å². The summed E-state index contributed by atoms with van der Waals surface area (Å²) < 4.78 is 1.50. The fourth-order valence-corrected chi connectivity index (χ4v) is 2.58. The minimum atomic E-state index is -0.227. The van der Waals surface area contributed by atoms with E-state index in [0.29, 0.717) is 10.8 Å². The lowest BCUT2D eigenvalue weighted by atomic mass is 10.3. The highest BCUT2D eigenvalue weighted by Gasteiger charge is 2.12. The van der Waals surface area contributed by atoms with Crippen LogP contribution in [-0.2, 0) is 6.42 Å². The van der Waals surface area contributed by atoms with Gasteiger partial charge in [0.1, 0.15) is 5.01 Å². The van der Waals surface area contributed by atoms with Crippen LogP contribution in [0.15, 0.2) is 23.0 Å². The van der Waals surface area contributed by atoms with Crippen molar-refractivity contribution in [1.29, 1.82) is 0 Å². The van der Waals surface area contributed by atoms with Crippen molar-refractivity contribution in [2.45, 2.75) is 13.3 Å². The second kappa shape index (κ2) is 3.95. The lowest BCUT2D eigenvalue weighted by molar-refractivity contribution is 0.920. The summed E-state index contributed by atoms with van der Waals surface area (Å²) in [6, 6.07) is 5.28. The number of nitrogens with one attached hydrogen (secondary N) is 1. The molecule has 0 spiro atoms. The van der Waals surface area contributed by atoms with Gasteiger partial charge in [0, 0.05) is 5.69 Å². The second-order valence-corrected chi connectivity index (χ2v) is 4.91. The largest absolute Gasteiger partial charge is 0.399 e. The van der Waals surface area contributed by atoms with Gasteiger partial charge < -0.3 is 10.7 Å². The van der Waals surface area contributed by atoms with Crippen molar-refractivity contribution in [3.63, 3.8) is 0 Å². The molecule has 2 heterocycles. The van der Waals surface area contributed by atoms with E-state index in [1.807, 2.05) is 6.92 Å². The average molecular weight is 261 g/mol. The second-order valence-electron chi connectivity index (χ2n) is 3.87. The Hall–Kier alpha value is -2.15. The van der Waals surface area contributed by atoms with Crippen LogP contribution >= 0.6 is 11.3 Å². The van der Waals surface area contributed by atoms with E-state index in [1.165, 1.54) is 15.9 Å². The molecule has 3 N–H and O–H groups in total. The van der Waals surface area contributed by atoms with Crippen molar-refractivity contribution in [3.05, 3.63) is 33.7 Å². The Kier molecular flexibility index (Phi) is 2.41. The molecule has 0 aliphatic heterocycles. The number of aromatic amines is 1. The first kappa shape index (κ1) is 11.0. The summed E-state index contributed by atoms with van der Waals surface area (Å²) in [5.41, 5.74) is 7.59. The molecule has 7 heteroatoms. The third kappa shape index (κ3) is 1.60. The molecule has 0 aliphatic rings. The van der Waals surface area contributed by atoms with Crippen LogP contribution in [0, 0.1) is 0 Å². The molecule has 3 aromatic rings. The SMILES string of the molecule is CCc1nnc(-n2c(=O)[nH]c3ccc(N)cc32)s1. The summed E-state index contributed by atoms with van der Waals surface area (Å²) in [5, 5.41) is 9.53. The van der Waals surface area contributed by atoms with E-state index in [9.17, 15) is 4.79 Å². The lowest BCUT2D eigenvalue weighted by Crippen LogP contribution is -2.14. The summed E-state index contributed by atoms with van der Waals surface area (Å²) in [6.45, 7) is 2.00. The molecular weight excluding hydrogens is 250 g/mol. The van der Waals surface area contributed by atoms with Gasteiger partial charge in [0.2, 0.25) is 5.13 Å². The summed E-state index contributed by atoms with van der Waals surface area (Å²) in [4.78, 5) is 14.7. The lowest BCUT2D eigenvalue weighted by Gasteiger charge is -1.97. The maximum Gasteiger partial charge on any atom is 0.332 e. The smallest absolute Gasteiger partial charge is 0.332 e. The Morgan fingerprint density at radius 3 is 3.00 bits per heavy atom. The van der Waals surface area contributed by atoms with Crippen molar-refractivity contribution in [2.24, 2.45) is 0 Å². The number of H-pyrrole nitrogens is 1. The molecule has 0 atom stereocenters. The van der Waals surface area contributed by atoms with E-state index < -0.39 is 0 Å². The summed E-state index contributed by atoms with van der Waals surface area (Å²) in [6.07, 6.45) is 0.802. The Morgan fingerprint density at radius 2 is 2.28 bits per heavy atom. The fraction of sp³-hybridized carbons (Fsp3) is 0.182. The Morgan fingerprint density at radius 1 is 1.44 bits per heavy atom. The number of nitrogen functional groups attached to an aromatic ring is 1. The highest BCUT2D eigenvalue weighted by atomic mass is 32.1. The van der Waals surface area contributed by atoms with Crippen LogP contribution in [0.1, 0.15) is 11.9 Å². The van der Waals surface area contributed by atoms with Crippen LogP contribution in [0.2, 0.25) is 0 Å². The van der Waals surface area contributed by atoms with Gasteiger partial charge >= 0.3 is 5.69 Å². The first-order valence-corrected chi connectivity index (χ1v) is 6.33. The first-order valence-electron chi connectivity index (χ1n) is 5.52. The normalized spacial score (nSPS) is 11.2. The molecule has 0 aliphatic carbocycles. The number of hydrogen-bond acceptors (Lipinski definition) is 5. The van der Waals surface area contributed by atoms with E-state index in [1.54, 1.807) is 18.2 Å². The van der Waals surface area contributed by atoms with Crippen molar-refractivity contribution < 1.29 is 0 Å². The van der Waals surface area contributed by atoms with Gasteiger partial charge in [-0.15, -0.1) is 10.2 Å². The molecule has 92 valence electrons. The minimum Gasteiger partial charge on any atom is -0.399 e. The quantitative estimate of drug-likeness (QED) is 0.681. The third-order valence-corrected chi connectivity index (χ3v) is 3.71. The van der Waals surface area contributed by atoms with Crippen LogP contribution in [-0.4, -0.2) is 19.7 Å². The molecule has 0 fully saturated rings. The van der Waals surface area contributed by atoms with Crippen LogP contribution in [0.25, 0.3) is 16.2 Å². The number of nitrogens with two attached hydrogens (primary N) is 1. The fourth-order valence-electron chi connectivity index (χ4n) is 1.79. The molecular formula is C11H11N5OS. The van der Waals surface area contributed by atoms with E-state index in [2.05, 4.69) is 15.2 Å². The van der Waals surface area contributed by atoms with E-state index in [4.69, 9.17) is 5.73 Å². The van der Waals surface area contributed by atoms with Crippen molar-refractivity contribution in [2.75, 3.05) is 5.73 Å². The van der Waals surface area contributed by atoms with Gasteiger partial charge in [-0.25, -0.2) is 9.36 Å². The van der Waals surface area contributed by atoms with E-state index in [0.717, 1.165) is 22.5 Å². The predicted molar refractivity (Wildman–Crippen MR) is 71.2 cm³/mol. The van der Waals surface area contributed by atoms with Crippen LogP contribution in [0.5, 0.6) is 0 Å². The number of nitrogens with zero attached hydrogens (tertiary/aromatic N) is 3. The summed E-state index contributed by atoms with van der Waals surface area (Å²) in [5.74, 6) is 0. The number of rotatable bonds is 2. The van der Waals surface area contributed by atoms with Crippen LogP contribution in [0.3, 0.4) is 0 Å². The van der Waals surface area contributed by atoms with Gasteiger partial charge in [0.15, 0.2) is 0 Å². The first-order chi connectivity index (χ1) is 8.69. The molecule has 0 bridgehead atoms. The van der Waals surface area contributed by atoms with Crippen molar-refractivity contribution in [3.8, 4) is 5.13 Å². The molecule has 0 saturated carbocycles. The molecule has 0 amide bonds. The molecule has 2 aromatic heterocycles. The molecule has 6 nitrogen and oxygen atoms in total. The van der Waals surface area contributed by atoms with Gasteiger partial charge in [-0.1, -0.05) is 18.3 Å². The Balaban J connectivity index is 2.30. The van der Waals surface area contributed by atoms with Gasteiger partial charge in [-0.2, -0.15) is 0 Å². The monoisotopic (exact) mass is 261 g/mol. The molecule has 1 aromatic carbocycles.